The lowest BCUT2D eigenvalue weighted by Gasteiger charge is -2.10. The van der Waals surface area contributed by atoms with E-state index in [1.54, 1.807) is 31.2 Å². The highest BCUT2D eigenvalue weighted by Gasteiger charge is 2.10. The first-order chi connectivity index (χ1) is 8.91. The molecule has 0 radical (unpaired) electrons. The molecule has 0 aliphatic heterocycles. The normalized spacial score (nSPS) is 13.2. The Balaban J connectivity index is 2.34. The summed E-state index contributed by atoms with van der Waals surface area (Å²) in [6, 6.07) is 6.91. The second kappa shape index (κ2) is 7.32. The Morgan fingerprint density at radius 1 is 1.42 bits per heavy atom. The van der Waals surface area contributed by atoms with E-state index in [-0.39, 0.29) is 18.9 Å². The first-order valence-electron chi connectivity index (χ1n) is 6.03. The molecule has 7 heteroatoms. The van der Waals surface area contributed by atoms with Gasteiger partial charge in [-0.25, -0.2) is 13.1 Å². The topological polar surface area (TPSA) is 102 Å². The molecule has 4 N–H and O–H groups in total. The van der Waals surface area contributed by atoms with Gasteiger partial charge in [0.1, 0.15) is 12.4 Å². The third-order valence-corrected chi connectivity index (χ3v) is 3.76. The smallest absolute Gasteiger partial charge is 0.214 e. The molecular weight excluding hydrogens is 268 g/mol. The van der Waals surface area contributed by atoms with Crippen molar-refractivity contribution >= 4 is 15.7 Å². The highest BCUT2D eigenvalue weighted by Crippen LogP contribution is 2.19. The maximum atomic E-state index is 11.6. The van der Waals surface area contributed by atoms with Crippen molar-refractivity contribution in [3.05, 3.63) is 24.3 Å². The van der Waals surface area contributed by atoms with Crippen LogP contribution in [0.4, 0.5) is 5.69 Å². The second-order valence-corrected chi connectivity index (χ2v) is 6.16. The fourth-order valence-corrected chi connectivity index (χ4v) is 2.24. The van der Waals surface area contributed by atoms with E-state index in [1.165, 1.54) is 0 Å². The summed E-state index contributed by atoms with van der Waals surface area (Å²) in [5, 5.41) is 9.03. The largest absolute Gasteiger partial charge is 0.490 e. The summed E-state index contributed by atoms with van der Waals surface area (Å²) in [7, 11) is -3.39. The van der Waals surface area contributed by atoms with Crippen molar-refractivity contribution in [3.63, 3.8) is 0 Å². The highest BCUT2D eigenvalue weighted by atomic mass is 32.2. The van der Waals surface area contributed by atoms with Crippen LogP contribution < -0.4 is 15.2 Å². The minimum absolute atomic E-state index is 0.0260. The van der Waals surface area contributed by atoms with E-state index in [2.05, 4.69) is 4.72 Å². The van der Waals surface area contributed by atoms with Gasteiger partial charge in [-0.2, -0.15) is 0 Å². The van der Waals surface area contributed by atoms with Crippen molar-refractivity contribution in [2.24, 2.45) is 0 Å². The zero-order valence-electron chi connectivity index (χ0n) is 10.9. The number of nitrogen functional groups attached to an aromatic ring is 1. The summed E-state index contributed by atoms with van der Waals surface area (Å²) in [5.74, 6) is 0.322. The number of aliphatic hydroxyl groups excluding tert-OH is 1. The van der Waals surface area contributed by atoms with Crippen LogP contribution >= 0.6 is 0 Å². The SMILES string of the molecule is CC(O)CCNS(=O)(=O)CCOc1ccccc1N. The lowest BCUT2D eigenvalue weighted by atomic mass is 10.3. The maximum Gasteiger partial charge on any atom is 0.214 e. The van der Waals surface area contributed by atoms with Crippen LogP contribution in [-0.2, 0) is 10.0 Å². The number of sulfonamides is 1. The predicted molar refractivity (Wildman–Crippen MR) is 74.4 cm³/mol. The first kappa shape index (κ1) is 15.7. The zero-order valence-corrected chi connectivity index (χ0v) is 11.7. The van der Waals surface area contributed by atoms with E-state index in [0.29, 0.717) is 17.9 Å². The van der Waals surface area contributed by atoms with Crippen LogP contribution in [0.5, 0.6) is 5.75 Å². The molecule has 1 aromatic carbocycles. The maximum absolute atomic E-state index is 11.6. The third kappa shape index (κ3) is 6.42. The number of nitrogens with one attached hydrogen (secondary N) is 1. The number of ether oxygens (including phenoxy) is 1. The Labute approximate surface area is 113 Å². The minimum Gasteiger partial charge on any atom is -0.490 e. The van der Waals surface area contributed by atoms with E-state index < -0.39 is 16.1 Å². The average Bonchev–Trinajstić information content (AvgIpc) is 2.30. The second-order valence-electron chi connectivity index (χ2n) is 4.24. The van der Waals surface area contributed by atoms with E-state index in [0.717, 1.165) is 0 Å². The number of aliphatic hydroxyl groups is 1. The lowest BCUT2D eigenvalue weighted by molar-refractivity contribution is 0.186. The number of hydrogen-bond donors (Lipinski definition) is 3. The van der Waals surface area contributed by atoms with Gasteiger partial charge in [0.05, 0.1) is 17.5 Å². The quantitative estimate of drug-likeness (QED) is 0.599. The van der Waals surface area contributed by atoms with E-state index >= 15 is 0 Å². The van der Waals surface area contributed by atoms with Gasteiger partial charge in [0.15, 0.2) is 0 Å². The predicted octanol–water partition coefficient (Wildman–Crippen LogP) is 0.338. The first-order valence-corrected chi connectivity index (χ1v) is 7.68. The third-order valence-electron chi connectivity index (χ3n) is 2.41. The molecule has 0 heterocycles. The summed E-state index contributed by atoms with van der Waals surface area (Å²) in [5.41, 5.74) is 6.14. The van der Waals surface area contributed by atoms with Crippen molar-refractivity contribution < 1.29 is 18.3 Å². The van der Waals surface area contributed by atoms with Crippen molar-refractivity contribution in [2.75, 3.05) is 24.6 Å². The van der Waals surface area contributed by atoms with Crippen molar-refractivity contribution in [2.45, 2.75) is 19.4 Å². The van der Waals surface area contributed by atoms with Gasteiger partial charge in [-0.1, -0.05) is 12.1 Å². The summed E-state index contributed by atoms with van der Waals surface area (Å²) in [6.45, 7) is 1.85. The molecule has 108 valence electrons. The molecule has 0 aliphatic carbocycles. The molecule has 0 saturated heterocycles. The fourth-order valence-electron chi connectivity index (χ4n) is 1.37. The molecule has 19 heavy (non-hydrogen) atoms. The Kier molecular flexibility index (Phi) is 6.07. The van der Waals surface area contributed by atoms with Crippen LogP contribution in [-0.4, -0.2) is 38.5 Å². The molecular formula is C12H20N2O4S. The lowest BCUT2D eigenvalue weighted by Crippen LogP contribution is -2.31. The Morgan fingerprint density at radius 3 is 2.74 bits per heavy atom. The van der Waals surface area contributed by atoms with Crippen LogP contribution in [0.25, 0.3) is 0 Å². The van der Waals surface area contributed by atoms with Gasteiger partial charge in [0, 0.05) is 6.54 Å². The Hall–Kier alpha value is -1.31. The molecule has 0 amide bonds. The zero-order chi connectivity index (χ0) is 14.3. The molecule has 0 fully saturated rings. The molecule has 0 bridgehead atoms. The van der Waals surface area contributed by atoms with Gasteiger partial charge in [-0.3, -0.25) is 0 Å². The molecule has 0 aliphatic rings. The molecule has 0 saturated carbocycles. The number of benzene rings is 1. The molecule has 1 rings (SSSR count). The summed E-state index contributed by atoms with van der Waals surface area (Å²) in [6.07, 6.45) is -0.144. The van der Waals surface area contributed by atoms with Crippen LogP contribution in [0.1, 0.15) is 13.3 Å². The molecule has 1 unspecified atom stereocenters. The molecule has 1 atom stereocenters. The van der Waals surface area contributed by atoms with E-state index in [9.17, 15) is 8.42 Å². The van der Waals surface area contributed by atoms with Crippen molar-refractivity contribution in [1.82, 2.24) is 4.72 Å². The van der Waals surface area contributed by atoms with Gasteiger partial charge in [-0.05, 0) is 25.5 Å². The molecule has 1 aromatic rings. The van der Waals surface area contributed by atoms with Crippen LogP contribution in [0.15, 0.2) is 24.3 Å². The Bertz CT molecular complexity index is 488. The minimum atomic E-state index is -3.39. The fraction of sp³-hybridized carbons (Fsp3) is 0.500. The number of nitrogens with two attached hydrogens (primary N) is 1. The highest BCUT2D eigenvalue weighted by molar-refractivity contribution is 7.89. The van der Waals surface area contributed by atoms with Gasteiger partial charge in [0.25, 0.3) is 0 Å². The molecule has 6 nitrogen and oxygen atoms in total. The summed E-state index contributed by atoms with van der Waals surface area (Å²) in [4.78, 5) is 0. The van der Waals surface area contributed by atoms with Crippen molar-refractivity contribution in [1.29, 1.82) is 0 Å². The van der Waals surface area contributed by atoms with Gasteiger partial charge >= 0.3 is 0 Å². The number of rotatable bonds is 8. The summed E-state index contributed by atoms with van der Waals surface area (Å²) >= 11 is 0. The van der Waals surface area contributed by atoms with Gasteiger partial charge in [0.2, 0.25) is 10.0 Å². The number of para-hydroxylation sites is 2. The summed E-state index contributed by atoms with van der Waals surface area (Å²) < 4.78 is 30.9. The van der Waals surface area contributed by atoms with Gasteiger partial charge < -0.3 is 15.6 Å². The van der Waals surface area contributed by atoms with Crippen LogP contribution in [0.2, 0.25) is 0 Å². The average molecular weight is 288 g/mol. The van der Waals surface area contributed by atoms with E-state index in [4.69, 9.17) is 15.6 Å². The van der Waals surface area contributed by atoms with E-state index in [1.807, 2.05) is 0 Å². The monoisotopic (exact) mass is 288 g/mol. The Morgan fingerprint density at radius 2 is 2.11 bits per heavy atom. The number of anilines is 1. The van der Waals surface area contributed by atoms with Crippen LogP contribution in [0.3, 0.4) is 0 Å². The van der Waals surface area contributed by atoms with Crippen molar-refractivity contribution in [3.8, 4) is 5.75 Å². The number of hydrogen-bond acceptors (Lipinski definition) is 5. The molecule has 0 aromatic heterocycles. The molecule has 0 spiro atoms. The standard InChI is InChI=1S/C12H20N2O4S/c1-10(15)6-7-14-19(16,17)9-8-18-12-5-3-2-4-11(12)13/h2-5,10,14-15H,6-9,13H2,1H3. The van der Waals surface area contributed by atoms with Crippen LogP contribution in [0, 0.1) is 0 Å². The van der Waals surface area contributed by atoms with Gasteiger partial charge in [-0.15, -0.1) is 0 Å².